The molecule has 4 rings (SSSR count). The van der Waals surface area contributed by atoms with Gasteiger partial charge in [-0.15, -0.1) is 0 Å². The van der Waals surface area contributed by atoms with E-state index in [1.807, 2.05) is 28.9 Å². The Balaban J connectivity index is 1.36. The van der Waals surface area contributed by atoms with Crippen LogP contribution in [0.4, 0.5) is 0 Å². The van der Waals surface area contributed by atoms with Crippen molar-refractivity contribution in [2.45, 2.75) is 25.7 Å². The SMILES string of the molecule is CC(CN1CCOCC1)C(=O)N1CCC(c2nn(C)c3ncccc23)CC1. The van der Waals surface area contributed by atoms with Crippen LogP contribution in [0.2, 0.25) is 0 Å². The molecule has 0 spiro atoms. The van der Waals surface area contributed by atoms with E-state index in [2.05, 4.69) is 22.9 Å². The second-order valence-corrected chi connectivity index (χ2v) is 7.80. The summed E-state index contributed by atoms with van der Waals surface area (Å²) < 4.78 is 7.26. The Bertz CT molecular complexity index is 791. The topological polar surface area (TPSA) is 63.5 Å². The molecule has 2 aliphatic heterocycles. The fourth-order valence-electron chi connectivity index (χ4n) is 4.35. The van der Waals surface area contributed by atoms with Gasteiger partial charge in [-0.25, -0.2) is 4.98 Å². The van der Waals surface area contributed by atoms with Crippen LogP contribution in [-0.4, -0.2) is 76.4 Å². The number of fused-ring (bicyclic) bond motifs is 1. The summed E-state index contributed by atoms with van der Waals surface area (Å²) in [5.74, 6) is 0.725. The van der Waals surface area contributed by atoms with Crippen LogP contribution in [0.3, 0.4) is 0 Å². The van der Waals surface area contributed by atoms with Crippen molar-refractivity contribution in [2.24, 2.45) is 13.0 Å². The lowest BCUT2D eigenvalue weighted by atomic mass is 9.91. The van der Waals surface area contributed by atoms with Crippen molar-refractivity contribution in [1.82, 2.24) is 24.6 Å². The lowest BCUT2D eigenvalue weighted by molar-refractivity contribution is -0.137. The zero-order chi connectivity index (χ0) is 18.8. The minimum absolute atomic E-state index is 0.0412. The van der Waals surface area contributed by atoms with Gasteiger partial charge < -0.3 is 9.64 Å². The highest BCUT2D eigenvalue weighted by Crippen LogP contribution is 2.32. The maximum atomic E-state index is 12.9. The number of morpholine rings is 1. The van der Waals surface area contributed by atoms with Gasteiger partial charge in [0.1, 0.15) is 0 Å². The van der Waals surface area contributed by atoms with Crippen molar-refractivity contribution in [3.63, 3.8) is 0 Å². The summed E-state index contributed by atoms with van der Waals surface area (Å²) in [6.45, 7) is 7.93. The first-order valence-electron chi connectivity index (χ1n) is 10.00. The first-order valence-corrected chi connectivity index (χ1v) is 10.00. The van der Waals surface area contributed by atoms with Crippen LogP contribution in [-0.2, 0) is 16.6 Å². The van der Waals surface area contributed by atoms with E-state index in [9.17, 15) is 4.79 Å². The number of pyridine rings is 1. The van der Waals surface area contributed by atoms with Crippen molar-refractivity contribution in [3.8, 4) is 0 Å². The van der Waals surface area contributed by atoms with Gasteiger partial charge in [-0.05, 0) is 25.0 Å². The molecule has 2 saturated heterocycles. The molecule has 146 valence electrons. The summed E-state index contributed by atoms with van der Waals surface area (Å²) in [6, 6.07) is 4.08. The zero-order valence-electron chi connectivity index (χ0n) is 16.3. The van der Waals surface area contributed by atoms with Gasteiger partial charge in [-0.3, -0.25) is 14.4 Å². The Morgan fingerprint density at radius 3 is 2.74 bits per heavy atom. The Morgan fingerprint density at radius 1 is 1.26 bits per heavy atom. The smallest absolute Gasteiger partial charge is 0.226 e. The van der Waals surface area contributed by atoms with Gasteiger partial charge in [0, 0.05) is 63.2 Å². The molecule has 0 aliphatic carbocycles. The van der Waals surface area contributed by atoms with Crippen LogP contribution in [0.25, 0.3) is 11.0 Å². The minimum Gasteiger partial charge on any atom is -0.379 e. The average molecular weight is 371 g/mol. The Kier molecular flexibility index (Phi) is 5.41. The van der Waals surface area contributed by atoms with Gasteiger partial charge in [-0.1, -0.05) is 6.92 Å². The number of carbonyl (C=O) groups is 1. The minimum atomic E-state index is 0.0412. The van der Waals surface area contributed by atoms with E-state index >= 15 is 0 Å². The van der Waals surface area contributed by atoms with Gasteiger partial charge >= 0.3 is 0 Å². The fourth-order valence-corrected chi connectivity index (χ4v) is 4.35. The number of carbonyl (C=O) groups excluding carboxylic acids is 1. The monoisotopic (exact) mass is 371 g/mol. The van der Waals surface area contributed by atoms with E-state index in [1.54, 1.807) is 0 Å². The molecule has 0 radical (unpaired) electrons. The quantitative estimate of drug-likeness (QED) is 0.818. The largest absolute Gasteiger partial charge is 0.379 e. The number of likely N-dealkylation sites (tertiary alicyclic amines) is 1. The third-order valence-corrected chi connectivity index (χ3v) is 5.88. The molecular formula is C20H29N5O2. The van der Waals surface area contributed by atoms with Crippen LogP contribution in [0.1, 0.15) is 31.4 Å². The highest BCUT2D eigenvalue weighted by atomic mass is 16.5. The second-order valence-electron chi connectivity index (χ2n) is 7.80. The summed E-state index contributed by atoms with van der Waals surface area (Å²) in [5.41, 5.74) is 2.07. The molecule has 4 heterocycles. The lowest BCUT2D eigenvalue weighted by Crippen LogP contribution is -2.46. The summed E-state index contributed by atoms with van der Waals surface area (Å²) in [5, 5.41) is 5.87. The molecule has 1 atom stereocenters. The summed E-state index contributed by atoms with van der Waals surface area (Å²) >= 11 is 0. The standard InChI is InChI=1S/C20H29N5O2/c1-15(14-24-10-12-27-13-11-24)20(26)25-8-5-16(6-9-25)18-17-4-3-7-21-19(17)23(2)22-18/h3-4,7,15-16H,5-6,8-14H2,1-2H3. The fraction of sp³-hybridized carbons (Fsp3) is 0.650. The average Bonchev–Trinajstić information content (AvgIpc) is 3.05. The molecule has 2 aliphatic rings. The molecule has 0 aromatic carbocycles. The van der Waals surface area contributed by atoms with E-state index in [4.69, 9.17) is 9.84 Å². The van der Waals surface area contributed by atoms with E-state index < -0.39 is 0 Å². The van der Waals surface area contributed by atoms with E-state index in [1.165, 1.54) is 0 Å². The Hall–Kier alpha value is -1.99. The second kappa shape index (κ2) is 7.94. The molecule has 2 aromatic rings. The number of nitrogens with zero attached hydrogens (tertiary/aromatic N) is 5. The maximum absolute atomic E-state index is 12.9. The molecule has 0 N–H and O–H groups in total. The molecule has 0 saturated carbocycles. The molecule has 1 unspecified atom stereocenters. The number of rotatable bonds is 4. The first-order chi connectivity index (χ1) is 13.1. The number of hydrogen-bond acceptors (Lipinski definition) is 5. The number of piperidine rings is 1. The molecule has 2 fully saturated rings. The van der Waals surface area contributed by atoms with Crippen LogP contribution in [0, 0.1) is 5.92 Å². The van der Waals surface area contributed by atoms with E-state index in [-0.39, 0.29) is 11.8 Å². The molecule has 7 nitrogen and oxygen atoms in total. The molecule has 27 heavy (non-hydrogen) atoms. The number of ether oxygens (including phenoxy) is 1. The normalized spacial score (nSPS) is 20.9. The predicted molar refractivity (Wildman–Crippen MR) is 103 cm³/mol. The van der Waals surface area contributed by atoms with Crippen molar-refractivity contribution < 1.29 is 9.53 Å². The number of aryl methyl sites for hydroxylation is 1. The third-order valence-electron chi connectivity index (χ3n) is 5.88. The predicted octanol–water partition coefficient (Wildman–Crippen LogP) is 1.64. The Labute approximate surface area is 160 Å². The first kappa shape index (κ1) is 18.4. The number of hydrogen-bond donors (Lipinski definition) is 0. The molecule has 7 heteroatoms. The molecular weight excluding hydrogens is 342 g/mol. The maximum Gasteiger partial charge on any atom is 0.226 e. The van der Waals surface area contributed by atoms with E-state index in [0.717, 1.165) is 75.5 Å². The van der Waals surface area contributed by atoms with Gasteiger partial charge in [0.05, 0.1) is 18.9 Å². The Morgan fingerprint density at radius 2 is 2.00 bits per heavy atom. The van der Waals surface area contributed by atoms with Crippen molar-refractivity contribution in [3.05, 3.63) is 24.0 Å². The van der Waals surface area contributed by atoms with E-state index in [0.29, 0.717) is 5.92 Å². The lowest BCUT2D eigenvalue weighted by Gasteiger charge is -2.35. The van der Waals surface area contributed by atoms with Crippen LogP contribution >= 0.6 is 0 Å². The molecule has 1 amide bonds. The number of aromatic nitrogens is 3. The molecule has 0 bridgehead atoms. The van der Waals surface area contributed by atoms with Gasteiger partial charge in [0.25, 0.3) is 0 Å². The molecule has 2 aromatic heterocycles. The van der Waals surface area contributed by atoms with Crippen LogP contribution < -0.4 is 0 Å². The van der Waals surface area contributed by atoms with Crippen molar-refractivity contribution in [2.75, 3.05) is 45.9 Å². The van der Waals surface area contributed by atoms with Gasteiger partial charge in [0.2, 0.25) is 5.91 Å². The summed E-state index contributed by atoms with van der Waals surface area (Å²) in [7, 11) is 1.95. The summed E-state index contributed by atoms with van der Waals surface area (Å²) in [6.07, 6.45) is 3.75. The van der Waals surface area contributed by atoms with Crippen molar-refractivity contribution >= 4 is 16.9 Å². The highest BCUT2D eigenvalue weighted by Gasteiger charge is 2.30. The van der Waals surface area contributed by atoms with Crippen LogP contribution in [0.5, 0.6) is 0 Å². The zero-order valence-corrected chi connectivity index (χ0v) is 16.3. The van der Waals surface area contributed by atoms with Crippen molar-refractivity contribution in [1.29, 1.82) is 0 Å². The summed E-state index contributed by atoms with van der Waals surface area (Å²) in [4.78, 5) is 21.7. The van der Waals surface area contributed by atoms with Crippen LogP contribution in [0.15, 0.2) is 18.3 Å². The van der Waals surface area contributed by atoms with Gasteiger partial charge in [0.15, 0.2) is 5.65 Å². The third kappa shape index (κ3) is 3.84. The van der Waals surface area contributed by atoms with Gasteiger partial charge in [-0.2, -0.15) is 5.10 Å². The number of amides is 1. The highest BCUT2D eigenvalue weighted by molar-refractivity contribution is 5.80.